The van der Waals surface area contributed by atoms with Crippen molar-refractivity contribution in [2.75, 3.05) is 5.32 Å². The highest BCUT2D eigenvalue weighted by Crippen LogP contribution is 2.18. The Morgan fingerprint density at radius 3 is 2.50 bits per heavy atom. The van der Waals surface area contributed by atoms with Crippen LogP contribution in [0.5, 0.6) is 0 Å². The number of urea groups is 1. The second kappa shape index (κ2) is 5.82. The third-order valence-corrected chi connectivity index (χ3v) is 3.17. The zero-order valence-electron chi connectivity index (χ0n) is 10.1. The van der Waals surface area contributed by atoms with E-state index in [-0.39, 0.29) is 6.03 Å². The molecule has 4 N–H and O–H groups in total. The molecule has 1 saturated carbocycles. The molecular weight excluding hydrogens is 246 g/mol. The second-order valence-corrected chi connectivity index (χ2v) is 5.09. The van der Waals surface area contributed by atoms with Gasteiger partial charge in [0.25, 0.3) is 0 Å². The SMILES string of the molecule is NC(=S)Cc1ccc(NC(=O)NC2CCC2)cc1. The maximum Gasteiger partial charge on any atom is 0.319 e. The molecule has 0 saturated heterocycles. The Hall–Kier alpha value is -1.62. The minimum absolute atomic E-state index is 0.137. The van der Waals surface area contributed by atoms with Crippen LogP contribution in [-0.2, 0) is 6.42 Å². The van der Waals surface area contributed by atoms with Crippen molar-refractivity contribution in [2.45, 2.75) is 31.7 Å². The topological polar surface area (TPSA) is 67.1 Å². The molecule has 18 heavy (non-hydrogen) atoms. The largest absolute Gasteiger partial charge is 0.393 e. The van der Waals surface area contributed by atoms with Crippen molar-refractivity contribution in [3.8, 4) is 0 Å². The molecule has 0 spiro atoms. The van der Waals surface area contributed by atoms with E-state index in [1.54, 1.807) is 0 Å². The van der Waals surface area contributed by atoms with Gasteiger partial charge in [-0.3, -0.25) is 0 Å². The number of hydrogen-bond acceptors (Lipinski definition) is 2. The fraction of sp³-hybridized carbons (Fsp3) is 0.385. The molecule has 0 heterocycles. The van der Waals surface area contributed by atoms with Gasteiger partial charge in [-0.15, -0.1) is 0 Å². The van der Waals surface area contributed by atoms with Gasteiger partial charge in [0.2, 0.25) is 0 Å². The van der Waals surface area contributed by atoms with Gasteiger partial charge in [0.1, 0.15) is 0 Å². The van der Waals surface area contributed by atoms with Crippen LogP contribution < -0.4 is 16.4 Å². The maximum absolute atomic E-state index is 11.6. The van der Waals surface area contributed by atoms with Crippen molar-refractivity contribution in [2.24, 2.45) is 5.73 Å². The second-order valence-electron chi connectivity index (χ2n) is 4.57. The highest BCUT2D eigenvalue weighted by atomic mass is 32.1. The van der Waals surface area contributed by atoms with Gasteiger partial charge in [0.05, 0.1) is 4.99 Å². The van der Waals surface area contributed by atoms with Gasteiger partial charge in [0.15, 0.2) is 0 Å². The van der Waals surface area contributed by atoms with Crippen LogP contribution in [0.4, 0.5) is 10.5 Å². The minimum atomic E-state index is -0.137. The summed E-state index contributed by atoms with van der Waals surface area (Å²) in [6.07, 6.45) is 3.96. The average Bonchev–Trinajstić information content (AvgIpc) is 2.26. The zero-order valence-corrected chi connectivity index (χ0v) is 10.9. The van der Waals surface area contributed by atoms with Gasteiger partial charge in [0, 0.05) is 18.2 Å². The van der Waals surface area contributed by atoms with Crippen LogP contribution in [0.2, 0.25) is 0 Å². The summed E-state index contributed by atoms with van der Waals surface area (Å²) < 4.78 is 0. The highest BCUT2D eigenvalue weighted by Gasteiger charge is 2.19. The van der Waals surface area contributed by atoms with E-state index in [0.29, 0.717) is 17.5 Å². The number of carbonyl (C=O) groups excluding carboxylic acids is 1. The summed E-state index contributed by atoms with van der Waals surface area (Å²) in [5.41, 5.74) is 7.30. The molecular formula is C13H17N3OS. The van der Waals surface area contributed by atoms with Crippen molar-refractivity contribution < 1.29 is 4.79 Å². The Kier molecular flexibility index (Phi) is 4.15. The van der Waals surface area contributed by atoms with Crippen molar-refractivity contribution in [3.63, 3.8) is 0 Å². The number of nitrogens with one attached hydrogen (secondary N) is 2. The molecule has 0 bridgehead atoms. The Labute approximate surface area is 112 Å². The zero-order chi connectivity index (χ0) is 13.0. The fourth-order valence-corrected chi connectivity index (χ4v) is 1.98. The molecule has 2 rings (SSSR count). The molecule has 1 aromatic carbocycles. The molecule has 96 valence electrons. The van der Waals surface area contributed by atoms with E-state index < -0.39 is 0 Å². The van der Waals surface area contributed by atoms with Crippen molar-refractivity contribution >= 4 is 28.9 Å². The Morgan fingerprint density at radius 2 is 2.00 bits per heavy atom. The van der Waals surface area contributed by atoms with Gasteiger partial charge in [-0.25, -0.2) is 4.79 Å². The first-order valence-electron chi connectivity index (χ1n) is 6.08. The monoisotopic (exact) mass is 263 g/mol. The molecule has 5 heteroatoms. The quantitative estimate of drug-likeness (QED) is 0.729. The minimum Gasteiger partial charge on any atom is -0.393 e. The first-order chi connectivity index (χ1) is 8.63. The number of rotatable bonds is 4. The smallest absolute Gasteiger partial charge is 0.319 e. The number of amides is 2. The van der Waals surface area contributed by atoms with Gasteiger partial charge in [-0.1, -0.05) is 24.4 Å². The summed E-state index contributed by atoms with van der Waals surface area (Å²) in [6, 6.07) is 7.75. The number of anilines is 1. The van der Waals surface area contributed by atoms with Crippen LogP contribution in [0.15, 0.2) is 24.3 Å². The van der Waals surface area contributed by atoms with E-state index in [4.69, 9.17) is 18.0 Å². The summed E-state index contributed by atoms with van der Waals surface area (Å²) in [4.78, 5) is 12.1. The van der Waals surface area contributed by atoms with Crippen molar-refractivity contribution in [1.29, 1.82) is 0 Å². The van der Waals surface area contributed by atoms with Crippen molar-refractivity contribution in [1.82, 2.24) is 5.32 Å². The van der Waals surface area contributed by atoms with E-state index in [1.165, 1.54) is 6.42 Å². The third kappa shape index (κ3) is 3.70. The standard InChI is InChI=1S/C13H17N3OS/c14-12(18)8-9-4-6-11(7-5-9)16-13(17)15-10-2-1-3-10/h4-7,10H,1-3,8H2,(H2,14,18)(H2,15,16,17). The lowest BCUT2D eigenvalue weighted by molar-refractivity contribution is 0.240. The summed E-state index contributed by atoms with van der Waals surface area (Å²) >= 11 is 4.85. The van der Waals surface area contributed by atoms with Gasteiger partial charge < -0.3 is 16.4 Å². The molecule has 0 unspecified atom stereocenters. The van der Waals surface area contributed by atoms with Crippen molar-refractivity contribution in [3.05, 3.63) is 29.8 Å². The first-order valence-corrected chi connectivity index (χ1v) is 6.49. The van der Waals surface area contributed by atoms with Gasteiger partial charge in [-0.05, 0) is 37.0 Å². The van der Waals surface area contributed by atoms with Crippen LogP contribution in [0.3, 0.4) is 0 Å². The fourth-order valence-electron chi connectivity index (χ4n) is 1.81. The molecule has 1 aliphatic carbocycles. The molecule has 1 aliphatic rings. The lowest BCUT2D eigenvalue weighted by Crippen LogP contribution is -2.41. The average molecular weight is 263 g/mol. The Bertz CT molecular complexity index is 440. The van der Waals surface area contributed by atoms with Gasteiger partial charge >= 0.3 is 6.03 Å². The van der Waals surface area contributed by atoms with E-state index in [1.807, 2.05) is 24.3 Å². The van der Waals surface area contributed by atoms with Crippen LogP contribution in [0.1, 0.15) is 24.8 Å². The molecule has 0 aromatic heterocycles. The number of nitrogens with two attached hydrogens (primary N) is 1. The van der Waals surface area contributed by atoms with E-state index in [9.17, 15) is 4.79 Å². The predicted octanol–water partition coefficient (Wildman–Crippen LogP) is 2.19. The van der Waals surface area contributed by atoms with Crippen LogP contribution in [0, 0.1) is 0 Å². The Morgan fingerprint density at radius 1 is 1.33 bits per heavy atom. The molecule has 1 fully saturated rings. The van der Waals surface area contributed by atoms with Crippen LogP contribution in [-0.4, -0.2) is 17.1 Å². The molecule has 0 aliphatic heterocycles. The molecule has 2 amide bonds. The molecule has 0 radical (unpaired) electrons. The van der Waals surface area contributed by atoms with Crippen LogP contribution >= 0.6 is 12.2 Å². The lowest BCUT2D eigenvalue weighted by atomic mass is 9.93. The number of thiocarbonyl (C=S) groups is 1. The summed E-state index contributed by atoms with van der Waals surface area (Å²) in [5.74, 6) is 0. The maximum atomic E-state index is 11.6. The van der Waals surface area contributed by atoms with E-state index in [2.05, 4.69) is 10.6 Å². The Balaban J connectivity index is 1.85. The van der Waals surface area contributed by atoms with Crippen LogP contribution in [0.25, 0.3) is 0 Å². The van der Waals surface area contributed by atoms with E-state index in [0.717, 1.165) is 24.1 Å². The lowest BCUT2D eigenvalue weighted by Gasteiger charge is -2.26. The molecule has 4 nitrogen and oxygen atoms in total. The number of carbonyl (C=O) groups is 1. The molecule has 1 aromatic rings. The normalized spacial score (nSPS) is 14.7. The number of benzene rings is 1. The predicted molar refractivity (Wildman–Crippen MR) is 76.7 cm³/mol. The summed E-state index contributed by atoms with van der Waals surface area (Å²) in [7, 11) is 0. The highest BCUT2D eigenvalue weighted by molar-refractivity contribution is 7.80. The molecule has 0 atom stereocenters. The first kappa shape index (κ1) is 12.8. The summed E-state index contributed by atoms with van der Waals surface area (Å²) in [6.45, 7) is 0. The third-order valence-electron chi connectivity index (χ3n) is 3.03. The number of hydrogen-bond donors (Lipinski definition) is 3. The summed E-state index contributed by atoms with van der Waals surface area (Å²) in [5, 5.41) is 5.73. The van der Waals surface area contributed by atoms with Gasteiger partial charge in [-0.2, -0.15) is 0 Å². The van der Waals surface area contributed by atoms with E-state index >= 15 is 0 Å².